The molecule has 0 saturated heterocycles. The third-order valence-corrected chi connectivity index (χ3v) is 10.3. The van der Waals surface area contributed by atoms with Gasteiger partial charge in [-0.1, -0.05) is 163 Å². The van der Waals surface area contributed by atoms with E-state index in [1.165, 1.54) is 33.0 Å². The summed E-state index contributed by atoms with van der Waals surface area (Å²) in [6.45, 7) is 20.0. The standard InChI is InChI=1S/C31H25IS.5C2H6.2CH4/c1-4-10-27(11-5-1)32-28-20-16-25(17-21-28)24-26-18-22-31(23-19-26)33(29-12-6-2-7-13-29)30-14-8-3-9-15-30;5*1-2;;/h1-23H,24H2;5*1-2H3;2*1H4/q+2;;;;;;;. The monoisotopic (exact) mass is 738 g/mol. The van der Waals surface area contributed by atoms with E-state index in [1.54, 1.807) is 0 Å². The van der Waals surface area contributed by atoms with Gasteiger partial charge in [0.25, 0.3) is 0 Å². The molecule has 246 valence electrons. The van der Waals surface area contributed by atoms with Crippen molar-refractivity contribution in [2.45, 2.75) is 105 Å². The first kappa shape index (κ1) is 46.6. The SMILES string of the molecule is C.C.CC.CC.CC.CC.CC.c1ccc([I+]c2ccc(Cc3ccc([S+](c4ccccc4)c4ccccc4)cc3)cc2)cc1. The highest BCUT2D eigenvalue weighted by atomic mass is 127. The maximum Gasteiger partial charge on any atom is 0.357 e. The molecule has 0 amide bonds. The topological polar surface area (TPSA) is 0 Å². The van der Waals surface area contributed by atoms with E-state index in [1.807, 2.05) is 69.2 Å². The van der Waals surface area contributed by atoms with Crippen LogP contribution in [0.25, 0.3) is 0 Å². The Balaban J connectivity index is -0.00000134. The number of hydrogen-bond acceptors (Lipinski definition) is 0. The Bertz CT molecular complexity index is 1230. The molecule has 0 radical (unpaired) electrons. The fourth-order valence-corrected chi connectivity index (χ4v) is 8.07. The minimum absolute atomic E-state index is 0. The summed E-state index contributed by atoms with van der Waals surface area (Å²) in [7, 11) is -0.0884. The van der Waals surface area contributed by atoms with Crippen LogP contribution in [0.5, 0.6) is 0 Å². The zero-order valence-corrected chi connectivity index (χ0v) is 31.2. The van der Waals surface area contributed by atoms with Crippen molar-refractivity contribution >= 4 is 10.9 Å². The molecule has 0 bridgehead atoms. The average Bonchev–Trinajstić information content (AvgIpc) is 3.12. The van der Waals surface area contributed by atoms with Crippen molar-refractivity contribution in [1.82, 2.24) is 0 Å². The molecule has 0 nitrogen and oxygen atoms in total. The fourth-order valence-electron chi connectivity index (χ4n) is 3.77. The third-order valence-electron chi connectivity index (χ3n) is 5.39. The molecule has 0 aromatic heterocycles. The second kappa shape index (κ2) is 31.2. The Kier molecular flexibility index (Phi) is 32.3. The van der Waals surface area contributed by atoms with Crippen LogP contribution in [0.3, 0.4) is 0 Å². The summed E-state index contributed by atoms with van der Waals surface area (Å²) in [6.07, 6.45) is 0.967. The molecule has 0 N–H and O–H groups in total. The van der Waals surface area contributed by atoms with Crippen LogP contribution >= 0.6 is 0 Å². The molecule has 0 saturated carbocycles. The number of hydrogen-bond donors (Lipinski definition) is 0. The maximum atomic E-state index is 2.31. The Morgan fingerprint density at radius 2 is 0.644 bits per heavy atom. The minimum atomic E-state index is -0.101. The van der Waals surface area contributed by atoms with E-state index in [-0.39, 0.29) is 47.0 Å². The Hall–Kier alpha value is -2.82. The van der Waals surface area contributed by atoms with Gasteiger partial charge in [0.15, 0.2) is 21.8 Å². The van der Waals surface area contributed by atoms with Gasteiger partial charge < -0.3 is 0 Å². The highest BCUT2D eigenvalue weighted by Gasteiger charge is 2.28. The van der Waals surface area contributed by atoms with E-state index in [0.29, 0.717) is 0 Å². The zero-order chi connectivity index (χ0) is 32.3. The summed E-state index contributed by atoms with van der Waals surface area (Å²) >= 11 is -0.101. The molecule has 0 aliphatic rings. The lowest BCUT2D eigenvalue weighted by Crippen LogP contribution is -3.61. The normalized spacial score (nSPS) is 8.69. The second-order valence-electron chi connectivity index (χ2n) is 7.77. The quantitative estimate of drug-likeness (QED) is 0.115. The van der Waals surface area contributed by atoms with Crippen LogP contribution in [0.4, 0.5) is 0 Å². The van der Waals surface area contributed by atoms with Gasteiger partial charge >= 0.3 is 21.2 Å². The first-order valence-corrected chi connectivity index (χ1v) is 19.5. The van der Waals surface area contributed by atoms with E-state index in [4.69, 9.17) is 0 Å². The van der Waals surface area contributed by atoms with E-state index in [0.717, 1.165) is 6.42 Å². The van der Waals surface area contributed by atoms with Gasteiger partial charge in [-0.05, 0) is 78.2 Å². The summed E-state index contributed by atoms with van der Waals surface area (Å²) in [5.74, 6) is 0. The van der Waals surface area contributed by atoms with Crippen LogP contribution in [-0.4, -0.2) is 0 Å². The van der Waals surface area contributed by atoms with Crippen LogP contribution in [0, 0.1) is 7.14 Å². The molecule has 5 aromatic rings. The molecule has 0 aliphatic carbocycles. The summed E-state index contributed by atoms with van der Waals surface area (Å²) in [5, 5.41) is 0. The van der Waals surface area contributed by atoms with Gasteiger partial charge in [-0.3, -0.25) is 0 Å². The smallest absolute Gasteiger partial charge is 0.0776 e. The highest BCUT2D eigenvalue weighted by Crippen LogP contribution is 2.31. The van der Waals surface area contributed by atoms with Gasteiger partial charge in [0.2, 0.25) is 0 Å². The van der Waals surface area contributed by atoms with Crippen LogP contribution < -0.4 is 21.2 Å². The van der Waals surface area contributed by atoms with Crippen LogP contribution in [0.15, 0.2) is 154 Å². The number of rotatable bonds is 7. The summed E-state index contributed by atoms with van der Waals surface area (Å²) in [4.78, 5) is 4.07. The van der Waals surface area contributed by atoms with Crippen molar-refractivity contribution in [3.8, 4) is 0 Å². The van der Waals surface area contributed by atoms with Gasteiger partial charge in [-0.15, -0.1) is 0 Å². The van der Waals surface area contributed by atoms with Crippen LogP contribution in [0.1, 0.15) is 95.2 Å². The third kappa shape index (κ3) is 16.9. The zero-order valence-electron chi connectivity index (χ0n) is 28.3. The largest absolute Gasteiger partial charge is 0.357 e. The minimum Gasteiger partial charge on any atom is -0.0776 e. The molecule has 2 heteroatoms. The molecule has 45 heavy (non-hydrogen) atoms. The van der Waals surface area contributed by atoms with Crippen molar-refractivity contribution in [3.63, 3.8) is 0 Å². The molecule has 0 heterocycles. The van der Waals surface area contributed by atoms with Crippen LogP contribution in [-0.2, 0) is 17.3 Å². The number of halogens is 1. The first-order valence-electron chi connectivity index (χ1n) is 16.1. The molecule has 0 fully saturated rings. The Morgan fingerprint density at radius 1 is 0.356 bits per heavy atom. The average molecular weight is 739 g/mol. The first-order chi connectivity index (χ1) is 21.3. The van der Waals surface area contributed by atoms with E-state index in [9.17, 15) is 0 Å². The summed E-state index contributed by atoms with van der Waals surface area (Å²) in [5.41, 5.74) is 2.72. The van der Waals surface area contributed by atoms with Gasteiger partial charge in [-0.25, -0.2) is 0 Å². The molecule has 0 atom stereocenters. The summed E-state index contributed by atoms with van der Waals surface area (Å²) < 4.78 is 2.93. The van der Waals surface area contributed by atoms with Gasteiger partial charge in [-0.2, -0.15) is 0 Å². The van der Waals surface area contributed by atoms with Crippen molar-refractivity contribution in [2.24, 2.45) is 0 Å². The van der Waals surface area contributed by atoms with Crippen molar-refractivity contribution in [3.05, 3.63) is 158 Å². The molecule has 5 rings (SSSR count). The lowest BCUT2D eigenvalue weighted by molar-refractivity contribution is -0.597. The van der Waals surface area contributed by atoms with E-state index in [2.05, 4.69) is 140 Å². The van der Waals surface area contributed by atoms with Crippen molar-refractivity contribution < 1.29 is 21.2 Å². The second-order valence-corrected chi connectivity index (χ2v) is 12.8. The Labute approximate surface area is 293 Å². The Morgan fingerprint density at radius 3 is 1.02 bits per heavy atom. The van der Waals surface area contributed by atoms with Gasteiger partial charge in [0, 0.05) is 0 Å². The summed E-state index contributed by atoms with van der Waals surface area (Å²) in [6, 6.07) is 50.9. The maximum absolute atomic E-state index is 2.31. The van der Waals surface area contributed by atoms with Gasteiger partial charge in [0.05, 0.1) is 10.9 Å². The lowest BCUT2D eigenvalue weighted by Gasteiger charge is -2.09. The predicted octanol–water partition coefficient (Wildman–Crippen LogP) is 10.9. The molecular formula is C43H63IS+2. The molecule has 0 spiro atoms. The van der Waals surface area contributed by atoms with E-state index >= 15 is 0 Å². The van der Waals surface area contributed by atoms with Gasteiger partial charge in [0.1, 0.15) is 0 Å². The molecule has 0 aliphatic heterocycles. The molecule has 0 unspecified atom stereocenters. The lowest BCUT2D eigenvalue weighted by atomic mass is 10.1. The van der Waals surface area contributed by atoms with E-state index < -0.39 is 0 Å². The predicted molar refractivity (Wildman–Crippen MR) is 205 cm³/mol. The highest BCUT2D eigenvalue weighted by molar-refractivity contribution is 7.97. The fraction of sp³-hybridized carbons (Fsp3) is 0.302. The molecule has 5 aromatic carbocycles. The molecular weight excluding hydrogens is 675 g/mol. The van der Waals surface area contributed by atoms with Crippen molar-refractivity contribution in [2.75, 3.05) is 0 Å². The number of benzene rings is 5. The van der Waals surface area contributed by atoms with Crippen LogP contribution in [0.2, 0.25) is 0 Å². The van der Waals surface area contributed by atoms with Crippen molar-refractivity contribution in [1.29, 1.82) is 0 Å².